The van der Waals surface area contributed by atoms with Gasteiger partial charge < -0.3 is 25.0 Å². The van der Waals surface area contributed by atoms with Crippen LogP contribution in [0.2, 0.25) is 0 Å². The number of aromatic nitrogens is 4. The minimum atomic E-state index is -3.98. The zero-order chi connectivity index (χ0) is 27.6. The molecule has 2 aliphatic rings. The van der Waals surface area contributed by atoms with Crippen LogP contribution in [-0.2, 0) is 23.4 Å². The molecule has 5 rings (SSSR count). The summed E-state index contributed by atoms with van der Waals surface area (Å²) in [5, 5.41) is 6.05. The van der Waals surface area contributed by atoms with Crippen LogP contribution in [0.5, 0.6) is 5.75 Å². The summed E-state index contributed by atoms with van der Waals surface area (Å²) in [6.45, 7) is 4.99. The topological polar surface area (TPSA) is 165 Å². The van der Waals surface area contributed by atoms with E-state index in [1.165, 1.54) is 0 Å². The standard InChI is InChI=1S/C25H34N7O6P/c1-15(2)36-24(33)16(3)31-39(34,38-18-7-5-4-6-8-18)35-13-19-11-12-20(37-19)32-14-27-21-22(28-17-9-10-17)29-25(26)30-23(21)32/h4-8,14-17,19-20H,9-13H2,1-3H3,(H,31,34)(H3,26,28,29,30)/t16-,19+,20-,39+/m1/s1. The smallest absolute Gasteiger partial charge is 0.459 e. The number of nitrogens with two attached hydrogens (primary N) is 1. The molecule has 14 heteroatoms. The molecule has 0 spiro atoms. The second-order valence-electron chi connectivity index (χ2n) is 10.00. The maximum absolute atomic E-state index is 13.7. The number of nitrogens with one attached hydrogen (secondary N) is 2. The molecule has 1 aliphatic carbocycles. The number of hydrogen-bond acceptors (Lipinski definition) is 11. The Kier molecular flexibility index (Phi) is 8.03. The second-order valence-corrected chi connectivity index (χ2v) is 11.7. The van der Waals surface area contributed by atoms with E-state index < -0.39 is 19.8 Å². The van der Waals surface area contributed by atoms with Gasteiger partial charge >= 0.3 is 13.7 Å². The molecule has 1 aromatic carbocycles. The summed E-state index contributed by atoms with van der Waals surface area (Å²) in [7, 11) is -3.98. The van der Waals surface area contributed by atoms with Crippen LogP contribution >= 0.6 is 7.75 Å². The lowest BCUT2D eigenvalue weighted by molar-refractivity contribution is -0.149. The molecule has 1 saturated heterocycles. The van der Waals surface area contributed by atoms with Gasteiger partial charge in [-0.3, -0.25) is 13.9 Å². The summed E-state index contributed by atoms with van der Waals surface area (Å²) in [4.78, 5) is 25.6. The molecule has 39 heavy (non-hydrogen) atoms. The van der Waals surface area contributed by atoms with Gasteiger partial charge in [-0.05, 0) is 58.6 Å². The van der Waals surface area contributed by atoms with E-state index in [-0.39, 0.29) is 31.0 Å². The van der Waals surface area contributed by atoms with Crippen molar-refractivity contribution in [3.8, 4) is 5.75 Å². The van der Waals surface area contributed by atoms with Crippen LogP contribution in [0.4, 0.5) is 11.8 Å². The highest BCUT2D eigenvalue weighted by atomic mass is 31.2. The first kappa shape index (κ1) is 27.3. The average molecular weight is 560 g/mol. The Morgan fingerprint density at radius 2 is 1.95 bits per heavy atom. The number of carbonyl (C=O) groups is 1. The van der Waals surface area contributed by atoms with Gasteiger partial charge in [0.15, 0.2) is 17.0 Å². The predicted octanol–water partition coefficient (Wildman–Crippen LogP) is 3.79. The molecule has 13 nitrogen and oxygen atoms in total. The van der Waals surface area contributed by atoms with E-state index in [4.69, 9.17) is 24.3 Å². The highest BCUT2D eigenvalue weighted by Crippen LogP contribution is 2.46. The summed E-state index contributed by atoms with van der Waals surface area (Å²) in [6.07, 6.45) is 4.06. The number of para-hydroxylation sites is 1. The second kappa shape index (κ2) is 11.5. The van der Waals surface area contributed by atoms with Crippen LogP contribution in [0.25, 0.3) is 11.2 Å². The highest BCUT2D eigenvalue weighted by Gasteiger charge is 2.36. The van der Waals surface area contributed by atoms with Gasteiger partial charge in [-0.15, -0.1) is 0 Å². The first-order valence-electron chi connectivity index (χ1n) is 13.1. The maximum Gasteiger partial charge on any atom is 0.459 e. The third-order valence-electron chi connectivity index (χ3n) is 6.21. The van der Waals surface area contributed by atoms with Crippen LogP contribution < -0.4 is 20.7 Å². The summed E-state index contributed by atoms with van der Waals surface area (Å²) in [5.41, 5.74) is 7.18. The lowest BCUT2D eigenvalue weighted by Gasteiger charge is -2.24. The minimum absolute atomic E-state index is 0.0300. The van der Waals surface area contributed by atoms with E-state index in [1.807, 2.05) is 10.6 Å². The summed E-state index contributed by atoms with van der Waals surface area (Å²) in [6, 6.07) is 8.07. The zero-order valence-corrected chi connectivity index (χ0v) is 23.0. The Bertz CT molecular complexity index is 1350. The predicted molar refractivity (Wildman–Crippen MR) is 144 cm³/mol. The van der Waals surface area contributed by atoms with Crippen molar-refractivity contribution in [2.45, 2.75) is 77.0 Å². The van der Waals surface area contributed by atoms with Crippen molar-refractivity contribution in [2.24, 2.45) is 0 Å². The molecule has 210 valence electrons. The van der Waals surface area contributed by atoms with Crippen molar-refractivity contribution in [2.75, 3.05) is 17.7 Å². The Morgan fingerprint density at radius 3 is 2.67 bits per heavy atom. The fourth-order valence-corrected chi connectivity index (χ4v) is 5.72. The molecule has 0 bridgehead atoms. The summed E-state index contributed by atoms with van der Waals surface area (Å²) in [5.74, 6) is 0.541. The van der Waals surface area contributed by atoms with Gasteiger partial charge in [0.05, 0.1) is 25.1 Å². The molecule has 2 aromatic heterocycles. The number of carbonyl (C=O) groups excluding carboxylic acids is 1. The lowest BCUT2D eigenvalue weighted by Crippen LogP contribution is -2.36. The summed E-state index contributed by atoms with van der Waals surface area (Å²) >= 11 is 0. The minimum Gasteiger partial charge on any atom is -0.462 e. The van der Waals surface area contributed by atoms with Gasteiger partial charge in [0, 0.05) is 6.04 Å². The number of anilines is 2. The van der Waals surface area contributed by atoms with Crippen LogP contribution in [0.3, 0.4) is 0 Å². The van der Waals surface area contributed by atoms with Crippen LogP contribution in [0.15, 0.2) is 36.7 Å². The molecule has 4 N–H and O–H groups in total. The van der Waals surface area contributed by atoms with Gasteiger partial charge in [-0.1, -0.05) is 18.2 Å². The van der Waals surface area contributed by atoms with E-state index in [0.29, 0.717) is 41.6 Å². The van der Waals surface area contributed by atoms with Crippen LogP contribution in [0, 0.1) is 0 Å². The number of rotatable bonds is 12. The van der Waals surface area contributed by atoms with Gasteiger partial charge in [0.25, 0.3) is 0 Å². The van der Waals surface area contributed by atoms with Gasteiger partial charge in [0.1, 0.15) is 18.0 Å². The number of benzene rings is 1. The molecule has 0 radical (unpaired) electrons. The van der Waals surface area contributed by atoms with Gasteiger partial charge in [-0.2, -0.15) is 15.1 Å². The quantitative estimate of drug-likeness (QED) is 0.217. The van der Waals surface area contributed by atoms with Gasteiger partial charge in [-0.25, -0.2) is 9.55 Å². The van der Waals surface area contributed by atoms with Crippen molar-refractivity contribution < 1.29 is 27.9 Å². The first-order chi connectivity index (χ1) is 18.7. The summed E-state index contributed by atoms with van der Waals surface area (Å²) < 4.78 is 38.5. The SMILES string of the molecule is CC(C)OC(=O)[C@@H](C)N[P@](=O)(OC[C@@H]1CC[C@H](n2cnc3c(NC4CC4)nc(N)nc32)O1)Oc1ccccc1. The third-order valence-corrected chi connectivity index (χ3v) is 7.85. The Morgan fingerprint density at radius 1 is 1.18 bits per heavy atom. The van der Waals surface area contributed by atoms with Gasteiger partial charge in [0.2, 0.25) is 5.95 Å². The Hall–Kier alpha value is -3.25. The number of hydrogen-bond donors (Lipinski definition) is 3. The Balaban J connectivity index is 1.26. The zero-order valence-electron chi connectivity index (χ0n) is 22.1. The third kappa shape index (κ3) is 6.85. The lowest BCUT2D eigenvalue weighted by atomic mass is 10.2. The molecule has 2 fully saturated rings. The van der Waals surface area contributed by atoms with Crippen molar-refractivity contribution in [1.29, 1.82) is 0 Å². The molecule has 0 amide bonds. The highest BCUT2D eigenvalue weighted by molar-refractivity contribution is 7.52. The van der Waals surface area contributed by atoms with E-state index in [9.17, 15) is 9.36 Å². The Labute approximate surface area is 226 Å². The van der Waals surface area contributed by atoms with Crippen molar-refractivity contribution >= 4 is 36.6 Å². The number of esters is 1. The number of imidazole rings is 1. The van der Waals surface area contributed by atoms with Crippen molar-refractivity contribution in [1.82, 2.24) is 24.6 Å². The maximum atomic E-state index is 13.7. The molecular weight excluding hydrogens is 525 g/mol. The number of ether oxygens (including phenoxy) is 2. The van der Waals surface area contributed by atoms with E-state index >= 15 is 0 Å². The number of nitrogens with zero attached hydrogens (tertiary/aromatic N) is 4. The fourth-order valence-electron chi connectivity index (χ4n) is 4.20. The van der Waals surface area contributed by atoms with Crippen LogP contribution in [0.1, 0.15) is 52.7 Å². The van der Waals surface area contributed by atoms with E-state index in [1.54, 1.807) is 51.4 Å². The van der Waals surface area contributed by atoms with E-state index in [0.717, 1.165) is 12.8 Å². The van der Waals surface area contributed by atoms with E-state index in [2.05, 4.69) is 25.4 Å². The number of fused-ring (bicyclic) bond motifs is 1. The average Bonchev–Trinajstić information content (AvgIpc) is 3.40. The fraction of sp³-hybridized carbons (Fsp3) is 0.520. The molecule has 3 heterocycles. The largest absolute Gasteiger partial charge is 0.462 e. The monoisotopic (exact) mass is 559 g/mol. The molecule has 1 aliphatic heterocycles. The molecule has 0 unspecified atom stereocenters. The first-order valence-corrected chi connectivity index (χ1v) is 14.6. The van der Waals surface area contributed by atoms with Crippen molar-refractivity contribution in [3.63, 3.8) is 0 Å². The van der Waals surface area contributed by atoms with Crippen LogP contribution in [-0.4, -0.2) is 56.4 Å². The normalized spacial score (nSPS) is 21.5. The number of nitrogen functional groups attached to an aromatic ring is 1. The molecule has 3 aromatic rings. The van der Waals surface area contributed by atoms with Crippen molar-refractivity contribution in [3.05, 3.63) is 36.7 Å². The molecule has 1 saturated carbocycles. The molecule has 4 atom stereocenters. The molecular formula is C25H34N7O6P.